The van der Waals surface area contributed by atoms with Crippen LogP contribution in [0.2, 0.25) is 0 Å². The zero-order chi connectivity index (χ0) is 16.7. The van der Waals surface area contributed by atoms with Gasteiger partial charge >= 0.3 is 0 Å². The third-order valence-corrected chi connectivity index (χ3v) is 4.30. The van der Waals surface area contributed by atoms with Crippen molar-refractivity contribution in [1.29, 1.82) is 0 Å². The Morgan fingerprint density at radius 2 is 1.83 bits per heavy atom. The Bertz CT molecular complexity index is 1030. The van der Waals surface area contributed by atoms with Crippen LogP contribution < -0.4 is 4.74 Å². The van der Waals surface area contributed by atoms with Gasteiger partial charge in [0.2, 0.25) is 5.88 Å². The van der Waals surface area contributed by atoms with Gasteiger partial charge in [-0.15, -0.1) is 0 Å². The molecule has 5 heteroatoms. The summed E-state index contributed by atoms with van der Waals surface area (Å²) in [4.78, 5) is 0. The highest BCUT2D eigenvalue weighted by molar-refractivity contribution is 5.90. The topological polar surface area (TPSA) is 48.5 Å². The summed E-state index contributed by atoms with van der Waals surface area (Å²) in [5, 5.41) is 13.5. The zero-order valence-corrected chi connectivity index (χ0v) is 13.6. The summed E-state index contributed by atoms with van der Waals surface area (Å²) in [7, 11) is 3.29. The number of rotatable bonds is 4. The van der Waals surface area contributed by atoms with Crippen molar-refractivity contribution in [3.63, 3.8) is 0 Å². The van der Waals surface area contributed by atoms with Crippen LogP contribution in [0.15, 0.2) is 54.9 Å². The van der Waals surface area contributed by atoms with Crippen molar-refractivity contribution < 1.29 is 14.6 Å². The molecule has 122 valence electrons. The van der Waals surface area contributed by atoms with Crippen molar-refractivity contribution in [2.45, 2.75) is 6.73 Å². The van der Waals surface area contributed by atoms with Gasteiger partial charge in [-0.05, 0) is 41.8 Å². The fourth-order valence-corrected chi connectivity index (χ4v) is 3.07. The van der Waals surface area contributed by atoms with E-state index in [0.717, 1.165) is 33.1 Å². The fourth-order valence-electron chi connectivity index (χ4n) is 3.07. The minimum Gasteiger partial charge on any atom is -0.497 e. The second-order valence-corrected chi connectivity index (χ2v) is 5.72. The first kappa shape index (κ1) is 14.7. The molecule has 0 fully saturated rings. The van der Waals surface area contributed by atoms with E-state index in [-0.39, 0.29) is 5.88 Å². The lowest BCUT2D eigenvalue weighted by Crippen LogP contribution is -1.98. The fraction of sp³-hybridized carbons (Fsp3) is 0.158. The molecule has 24 heavy (non-hydrogen) atoms. The maximum Gasteiger partial charge on any atom is 0.203 e. The minimum absolute atomic E-state index is 0.202. The molecule has 4 aromatic rings. The Kier molecular flexibility index (Phi) is 3.43. The number of hydrogen-bond acceptors (Lipinski definition) is 3. The molecule has 0 aliphatic carbocycles. The monoisotopic (exact) mass is 322 g/mol. The van der Waals surface area contributed by atoms with Crippen LogP contribution in [-0.2, 0) is 11.5 Å². The van der Waals surface area contributed by atoms with Gasteiger partial charge in [0.25, 0.3) is 0 Å². The molecule has 0 aliphatic rings. The average Bonchev–Trinajstić information content (AvgIpc) is 3.16. The molecule has 0 amide bonds. The molecule has 0 saturated heterocycles. The van der Waals surface area contributed by atoms with E-state index in [4.69, 9.17) is 9.47 Å². The molecule has 0 atom stereocenters. The highest BCUT2D eigenvalue weighted by Gasteiger charge is 2.12. The smallest absolute Gasteiger partial charge is 0.203 e. The molecule has 4 rings (SSSR count). The SMILES string of the molecule is COCn1ccc2ccc(-n3cc4ccc(OC)cc4c3O)cc21. The summed E-state index contributed by atoms with van der Waals surface area (Å²) < 4.78 is 14.3. The standard InChI is InChI=1S/C19H18N2O3/c1-23-12-20-8-7-13-3-5-15(9-18(13)20)21-11-14-4-6-16(24-2)10-17(14)19(21)22/h3-11,22H,12H2,1-2H3. The Morgan fingerprint density at radius 3 is 2.62 bits per heavy atom. The van der Waals surface area contributed by atoms with Gasteiger partial charge in [0.15, 0.2) is 0 Å². The highest BCUT2D eigenvalue weighted by atomic mass is 16.5. The van der Waals surface area contributed by atoms with Crippen LogP contribution in [0, 0.1) is 0 Å². The van der Waals surface area contributed by atoms with E-state index in [1.54, 1.807) is 18.8 Å². The third kappa shape index (κ3) is 2.21. The highest BCUT2D eigenvalue weighted by Crippen LogP contribution is 2.33. The number of hydrogen-bond donors (Lipinski definition) is 1. The number of fused-ring (bicyclic) bond motifs is 2. The van der Waals surface area contributed by atoms with Crippen LogP contribution in [0.1, 0.15) is 0 Å². The van der Waals surface area contributed by atoms with Gasteiger partial charge < -0.3 is 19.1 Å². The number of aromatic nitrogens is 2. The quantitative estimate of drug-likeness (QED) is 0.620. The lowest BCUT2D eigenvalue weighted by Gasteiger charge is -2.08. The predicted octanol–water partition coefficient (Wildman–Crippen LogP) is 3.90. The van der Waals surface area contributed by atoms with Crippen LogP contribution in [-0.4, -0.2) is 28.5 Å². The van der Waals surface area contributed by atoms with E-state index in [9.17, 15) is 5.11 Å². The van der Waals surface area contributed by atoms with Gasteiger partial charge in [0.1, 0.15) is 12.5 Å². The zero-order valence-electron chi connectivity index (χ0n) is 13.6. The maximum absolute atomic E-state index is 10.6. The third-order valence-electron chi connectivity index (χ3n) is 4.30. The predicted molar refractivity (Wildman–Crippen MR) is 94.0 cm³/mol. The van der Waals surface area contributed by atoms with Gasteiger partial charge in [-0.3, -0.25) is 4.57 Å². The van der Waals surface area contributed by atoms with Crippen LogP contribution in [0.3, 0.4) is 0 Å². The molecule has 0 radical (unpaired) electrons. The molecule has 0 spiro atoms. The van der Waals surface area contributed by atoms with Gasteiger partial charge in [-0.1, -0.05) is 6.07 Å². The summed E-state index contributed by atoms with van der Waals surface area (Å²) in [5.41, 5.74) is 1.95. The normalized spacial score (nSPS) is 11.4. The van der Waals surface area contributed by atoms with Crippen molar-refractivity contribution in [3.8, 4) is 17.3 Å². The van der Waals surface area contributed by atoms with Gasteiger partial charge in [-0.25, -0.2) is 0 Å². The largest absolute Gasteiger partial charge is 0.497 e. The second kappa shape index (κ2) is 5.62. The molecule has 0 bridgehead atoms. The van der Waals surface area contributed by atoms with Crippen molar-refractivity contribution >= 4 is 21.7 Å². The van der Waals surface area contributed by atoms with Crippen molar-refractivity contribution in [1.82, 2.24) is 9.13 Å². The van der Waals surface area contributed by atoms with E-state index in [1.165, 1.54) is 0 Å². The van der Waals surface area contributed by atoms with Gasteiger partial charge in [0.05, 0.1) is 18.3 Å². The van der Waals surface area contributed by atoms with Crippen molar-refractivity contribution in [3.05, 3.63) is 54.9 Å². The van der Waals surface area contributed by atoms with Gasteiger partial charge in [-0.2, -0.15) is 0 Å². The van der Waals surface area contributed by atoms with E-state index in [0.29, 0.717) is 6.73 Å². The first-order chi connectivity index (χ1) is 11.7. The molecule has 1 N–H and O–H groups in total. The van der Waals surface area contributed by atoms with Crippen molar-refractivity contribution in [2.24, 2.45) is 0 Å². The van der Waals surface area contributed by atoms with E-state index < -0.39 is 0 Å². The van der Waals surface area contributed by atoms with Crippen LogP contribution in [0.5, 0.6) is 11.6 Å². The van der Waals surface area contributed by atoms with Crippen LogP contribution in [0.4, 0.5) is 0 Å². The number of aromatic hydroxyl groups is 1. The average molecular weight is 322 g/mol. The van der Waals surface area contributed by atoms with E-state index >= 15 is 0 Å². The lowest BCUT2D eigenvalue weighted by atomic mass is 10.2. The molecule has 0 aliphatic heterocycles. The summed E-state index contributed by atoms with van der Waals surface area (Å²) in [6, 6.07) is 13.8. The summed E-state index contributed by atoms with van der Waals surface area (Å²) in [5.74, 6) is 0.924. The Labute approximate surface area is 139 Å². The van der Waals surface area contributed by atoms with E-state index in [1.807, 2.05) is 53.4 Å². The first-order valence-electron chi connectivity index (χ1n) is 7.67. The summed E-state index contributed by atoms with van der Waals surface area (Å²) in [6.07, 6.45) is 3.92. The Balaban J connectivity index is 1.88. The van der Waals surface area contributed by atoms with Crippen LogP contribution >= 0.6 is 0 Å². The Morgan fingerprint density at radius 1 is 1.00 bits per heavy atom. The maximum atomic E-state index is 10.6. The number of ether oxygens (including phenoxy) is 2. The summed E-state index contributed by atoms with van der Waals surface area (Å²) >= 11 is 0. The molecule has 0 unspecified atom stereocenters. The lowest BCUT2D eigenvalue weighted by molar-refractivity contribution is 0.135. The molecular formula is C19H18N2O3. The minimum atomic E-state index is 0.202. The van der Waals surface area contributed by atoms with Gasteiger partial charge in [0, 0.05) is 30.3 Å². The number of benzene rings is 2. The molecule has 2 aromatic carbocycles. The summed E-state index contributed by atoms with van der Waals surface area (Å²) in [6.45, 7) is 0.490. The molecule has 2 aromatic heterocycles. The molecular weight excluding hydrogens is 304 g/mol. The number of methoxy groups -OCH3 is 2. The second-order valence-electron chi connectivity index (χ2n) is 5.72. The molecule has 5 nitrogen and oxygen atoms in total. The van der Waals surface area contributed by atoms with E-state index in [2.05, 4.69) is 6.07 Å². The number of nitrogens with zero attached hydrogens (tertiary/aromatic N) is 2. The molecule has 0 saturated carbocycles. The first-order valence-corrected chi connectivity index (χ1v) is 7.67. The Hall–Kier alpha value is -2.92. The van der Waals surface area contributed by atoms with Crippen LogP contribution in [0.25, 0.3) is 27.4 Å². The molecule has 2 heterocycles. The van der Waals surface area contributed by atoms with Crippen molar-refractivity contribution in [2.75, 3.05) is 14.2 Å².